The number of hydrogen-bond acceptors (Lipinski definition) is 2. The minimum atomic E-state index is -0.338. The summed E-state index contributed by atoms with van der Waals surface area (Å²) in [5.74, 6) is 0.590. The first-order chi connectivity index (χ1) is 6.47. The summed E-state index contributed by atoms with van der Waals surface area (Å²) in [6.07, 6.45) is 2.72. The number of amides is 1. The van der Waals surface area contributed by atoms with Crippen LogP contribution in [0.3, 0.4) is 0 Å². The second-order valence-electron chi connectivity index (χ2n) is 4.43. The fraction of sp³-hybridized carbons (Fsp3) is 0.909. The maximum atomic E-state index is 11.5. The highest BCUT2D eigenvalue weighted by Crippen LogP contribution is 2.04. The third-order valence-corrected chi connectivity index (χ3v) is 2.15. The van der Waals surface area contributed by atoms with Crippen LogP contribution in [0.1, 0.15) is 47.0 Å². The van der Waals surface area contributed by atoms with Crippen molar-refractivity contribution < 1.29 is 4.79 Å². The second-order valence-corrected chi connectivity index (χ2v) is 4.43. The first-order valence-corrected chi connectivity index (χ1v) is 5.53. The second kappa shape index (κ2) is 6.82. The standard InChI is InChI=1S/C11H24N2O/c1-5-6-10(12)11(14)13-9(4)7-8(2)3/h8-10H,5-7,12H2,1-4H3,(H,13,14)/t9?,10-/m0/s1. The molecule has 0 aliphatic rings. The Labute approximate surface area is 87.4 Å². The van der Waals surface area contributed by atoms with E-state index in [2.05, 4.69) is 19.2 Å². The van der Waals surface area contributed by atoms with Crippen LogP contribution in [0, 0.1) is 5.92 Å². The van der Waals surface area contributed by atoms with Crippen LogP contribution in [0.4, 0.5) is 0 Å². The molecule has 0 aliphatic carbocycles. The third-order valence-electron chi connectivity index (χ3n) is 2.15. The Hall–Kier alpha value is -0.570. The Morgan fingerprint density at radius 1 is 1.36 bits per heavy atom. The molecular weight excluding hydrogens is 176 g/mol. The van der Waals surface area contributed by atoms with E-state index >= 15 is 0 Å². The van der Waals surface area contributed by atoms with Gasteiger partial charge in [-0.25, -0.2) is 0 Å². The first-order valence-electron chi connectivity index (χ1n) is 5.53. The van der Waals surface area contributed by atoms with Crippen LogP contribution >= 0.6 is 0 Å². The number of nitrogens with one attached hydrogen (secondary N) is 1. The molecule has 0 aromatic rings. The van der Waals surface area contributed by atoms with E-state index in [4.69, 9.17) is 5.73 Å². The lowest BCUT2D eigenvalue weighted by atomic mass is 10.0. The quantitative estimate of drug-likeness (QED) is 0.685. The van der Waals surface area contributed by atoms with Crippen LogP contribution in [-0.2, 0) is 4.79 Å². The molecule has 0 heterocycles. The maximum absolute atomic E-state index is 11.5. The van der Waals surface area contributed by atoms with Gasteiger partial charge in [-0.3, -0.25) is 4.79 Å². The van der Waals surface area contributed by atoms with E-state index in [0.29, 0.717) is 5.92 Å². The van der Waals surface area contributed by atoms with Crippen LogP contribution in [-0.4, -0.2) is 18.0 Å². The van der Waals surface area contributed by atoms with Crippen molar-refractivity contribution >= 4 is 5.91 Å². The minimum Gasteiger partial charge on any atom is -0.352 e. The van der Waals surface area contributed by atoms with E-state index in [0.717, 1.165) is 19.3 Å². The molecular formula is C11H24N2O. The van der Waals surface area contributed by atoms with Gasteiger partial charge in [0.15, 0.2) is 0 Å². The number of rotatable bonds is 6. The van der Waals surface area contributed by atoms with Gasteiger partial charge in [0.05, 0.1) is 6.04 Å². The molecule has 0 spiro atoms. The van der Waals surface area contributed by atoms with Gasteiger partial charge >= 0.3 is 0 Å². The van der Waals surface area contributed by atoms with Crippen molar-refractivity contribution in [3.8, 4) is 0 Å². The van der Waals surface area contributed by atoms with Gasteiger partial charge < -0.3 is 11.1 Å². The highest BCUT2D eigenvalue weighted by atomic mass is 16.2. The zero-order valence-corrected chi connectivity index (χ0v) is 9.84. The van der Waals surface area contributed by atoms with E-state index in [9.17, 15) is 4.79 Å². The van der Waals surface area contributed by atoms with E-state index in [1.54, 1.807) is 0 Å². The maximum Gasteiger partial charge on any atom is 0.237 e. The average Bonchev–Trinajstić information content (AvgIpc) is 2.02. The SMILES string of the molecule is CCC[C@H](N)C(=O)NC(C)CC(C)C. The molecule has 3 heteroatoms. The molecule has 0 saturated carbocycles. The predicted molar refractivity (Wildman–Crippen MR) is 59.9 cm³/mol. The zero-order valence-electron chi connectivity index (χ0n) is 9.84. The van der Waals surface area contributed by atoms with Crippen molar-refractivity contribution in [2.75, 3.05) is 0 Å². The van der Waals surface area contributed by atoms with Gasteiger partial charge in [-0.15, -0.1) is 0 Å². The molecule has 0 bridgehead atoms. The minimum absolute atomic E-state index is 0.0139. The van der Waals surface area contributed by atoms with Crippen LogP contribution in [0.2, 0.25) is 0 Å². The summed E-state index contributed by atoms with van der Waals surface area (Å²) < 4.78 is 0. The number of hydrogen-bond donors (Lipinski definition) is 2. The largest absolute Gasteiger partial charge is 0.352 e. The molecule has 0 radical (unpaired) electrons. The molecule has 1 amide bonds. The van der Waals surface area contributed by atoms with Crippen molar-refractivity contribution in [1.29, 1.82) is 0 Å². The van der Waals surface area contributed by atoms with Crippen molar-refractivity contribution in [2.45, 2.75) is 59.0 Å². The Morgan fingerprint density at radius 2 is 1.93 bits per heavy atom. The van der Waals surface area contributed by atoms with Gasteiger partial charge in [0, 0.05) is 6.04 Å². The molecule has 2 atom stereocenters. The number of carbonyl (C=O) groups excluding carboxylic acids is 1. The van der Waals surface area contributed by atoms with Gasteiger partial charge in [-0.2, -0.15) is 0 Å². The van der Waals surface area contributed by atoms with Crippen LogP contribution < -0.4 is 11.1 Å². The summed E-state index contributed by atoms with van der Waals surface area (Å²) in [4.78, 5) is 11.5. The van der Waals surface area contributed by atoms with Crippen molar-refractivity contribution in [1.82, 2.24) is 5.32 Å². The van der Waals surface area contributed by atoms with Crippen LogP contribution in [0.5, 0.6) is 0 Å². The number of carbonyl (C=O) groups is 1. The summed E-state index contributed by atoms with van der Waals surface area (Å²) in [6.45, 7) is 8.35. The van der Waals surface area contributed by atoms with Gasteiger partial charge in [0.2, 0.25) is 5.91 Å². The van der Waals surface area contributed by atoms with Crippen molar-refractivity contribution in [3.05, 3.63) is 0 Å². The fourth-order valence-electron chi connectivity index (χ4n) is 1.56. The molecule has 14 heavy (non-hydrogen) atoms. The molecule has 0 rings (SSSR count). The van der Waals surface area contributed by atoms with E-state index in [-0.39, 0.29) is 18.0 Å². The Balaban J connectivity index is 3.80. The average molecular weight is 200 g/mol. The first kappa shape index (κ1) is 13.4. The lowest BCUT2D eigenvalue weighted by molar-refractivity contribution is -0.123. The summed E-state index contributed by atoms with van der Waals surface area (Å²) >= 11 is 0. The Kier molecular flexibility index (Phi) is 6.54. The van der Waals surface area contributed by atoms with Gasteiger partial charge in [0.1, 0.15) is 0 Å². The smallest absolute Gasteiger partial charge is 0.237 e. The van der Waals surface area contributed by atoms with Crippen molar-refractivity contribution in [3.63, 3.8) is 0 Å². The van der Waals surface area contributed by atoms with Crippen LogP contribution in [0.15, 0.2) is 0 Å². The fourth-order valence-corrected chi connectivity index (χ4v) is 1.56. The molecule has 84 valence electrons. The summed E-state index contributed by atoms with van der Waals surface area (Å²) in [7, 11) is 0. The molecule has 3 N–H and O–H groups in total. The van der Waals surface area contributed by atoms with Crippen LogP contribution in [0.25, 0.3) is 0 Å². The van der Waals surface area contributed by atoms with Gasteiger partial charge in [0.25, 0.3) is 0 Å². The Morgan fingerprint density at radius 3 is 2.36 bits per heavy atom. The molecule has 0 aromatic carbocycles. The molecule has 0 aromatic heterocycles. The van der Waals surface area contributed by atoms with Crippen molar-refractivity contribution in [2.24, 2.45) is 11.7 Å². The van der Waals surface area contributed by atoms with Gasteiger partial charge in [-0.1, -0.05) is 27.2 Å². The molecule has 1 unspecified atom stereocenters. The van der Waals surface area contributed by atoms with Gasteiger partial charge in [-0.05, 0) is 25.7 Å². The molecule has 0 aliphatic heterocycles. The lowest BCUT2D eigenvalue weighted by Crippen LogP contribution is -2.44. The molecule has 3 nitrogen and oxygen atoms in total. The highest BCUT2D eigenvalue weighted by molar-refractivity contribution is 5.81. The highest BCUT2D eigenvalue weighted by Gasteiger charge is 2.14. The molecule has 0 saturated heterocycles. The van der Waals surface area contributed by atoms with E-state index in [1.807, 2.05) is 13.8 Å². The summed E-state index contributed by atoms with van der Waals surface area (Å²) in [5, 5.41) is 2.93. The normalized spacial score (nSPS) is 15.3. The predicted octanol–water partition coefficient (Wildman–Crippen LogP) is 1.66. The zero-order chi connectivity index (χ0) is 11.1. The monoisotopic (exact) mass is 200 g/mol. The van der Waals surface area contributed by atoms with E-state index in [1.165, 1.54) is 0 Å². The summed E-state index contributed by atoms with van der Waals surface area (Å²) in [6, 6.07) is -0.111. The van der Waals surface area contributed by atoms with E-state index < -0.39 is 0 Å². The lowest BCUT2D eigenvalue weighted by Gasteiger charge is -2.18. The topological polar surface area (TPSA) is 55.1 Å². The molecule has 0 fully saturated rings. The number of nitrogens with two attached hydrogens (primary N) is 1. The third kappa shape index (κ3) is 5.97. The summed E-state index contributed by atoms with van der Waals surface area (Å²) in [5.41, 5.74) is 5.69. The Bertz CT molecular complexity index is 169.